The molecular weight excluding hydrogens is 154 g/mol. The van der Waals surface area contributed by atoms with Crippen LogP contribution >= 0.6 is 0 Å². The Balaban J connectivity index is 2.08. The van der Waals surface area contributed by atoms with Crippen molar-refractivity contribution in [1.82, 2.24) is 10.2 Å². The third-order valence-electron chi connectivity index (χ3n) is 2.41. The molecule has 1 aromatic heterocycles. The minimum absolute atomic E-state index is 0.190. The van der Waals surface area contributed by atoms with Gasteiger partial charge in [0.15, 0.2) is 0 Å². The molecule has 0 amide bonds. The van der Waals surface area contributed by atoms with Gasteiger partial charge in [0.25, 0.3) is 0 Å². The third kappa shape index (κ3) is 1.42. The van der Waals surface area contributed by atoms with Crippen molar-refractivity contribution in [3.63, 3.8) is 0 Å². The van der Waals surface area contributed by atoms with E-state index < -0.39 is 0 Å². The van der Waals surface area contributed by atoms with E-state index in [1.165, 1.54) is 32.1 Å². The van der Waals surface area contributed by atoms with E-state index in [1.807, 2.05) is 0 Å². The van der Waals surface area contributed by atoms with Crippen LogP contribution in [0.2, 0.25) is 0 Å². The maximum atomic E-state index is 5.34. The van der Waals surface area contributed by atoms with E-state index in [-0.39, 0.29) is 6.01 Å². The monoisotopic (exact) mass is 167 g/mol. The van der Waals surface area contributed by atoms with Gasteiger partial charge in [-0.05, 0) is 12.8 Å². The molecule has 1 aromatic rings. The zero-order valence-corrected chi connectivity index (χ0v) is 6.99. The maximum absolute atomic E-state index is 5.34. The van der Waals surface area contributed by atoms with Crippen molar-refractivity contribution < 1.29 is 4.42 Å². The quantitative estimate of drug-likeness (QED) is 0.691. The van der Waals surface area contributed by atoms with Crippen LogP contribution in [0.4, 0.5) is 6.01 Å². The van der Waals surface area contributed by atoms with Gasteiger partial charge < -0.3 is 10.2 Å². The van der Waals surface area contributed by atoms with Crippen molar-refractivity contribution in [3.05, 3.63) is 5.89 Å². The highest BCUT2D eigenvalue weighted by Crippen LogP contribution is 2.31. The topological polar surface area (TPSA) is 64.9 Å². The summed E-state index contributed by atoms with van der Waals surface area (Å²) in [5.41, 5.74) is 5.34. The Hall–Kier alpha value is -1.06. The summed E-state index contributed by atoms with van der Waals surface area (Å²) in [7, 11) is 0. The van der Waals surface area contributed by atoms with E-state index in [1.54, 1.807) is 0 Å². The predicted molar refractivity (Wildman–Crippen MR) is 44.5 cm³/mol. The van der Waals surface area contributed by atoms with Crippen LogP contribution in [0.15, 0.2) is 4.42 Å². The Morgan fingerprint density at radius 1 is 1.17 bits per heavy atom. The summed E-state index contributed by atoms with van der Waals surface area (Å²) in [6.07, 6.45) is 6.21. The second-order valence-electron chi connectivity index (χ2n) is 3.31. The van der Waals surface area contributed by atoms with E-state index in [0.29, 0.717) is 5.92 Å². The summed E-state index contributed by atoms with van der Waals surface area (Å²) in [4.78, 5) is 0. The Morgan fingerprint density at radius 3 is 2.50 bits per heavy atom. The van der Waals surface area contributed by atoms with Crippen molar-refractivity contribution in [2.24, 2.45) is 0 Å². The molecule has 0 aliphatic heterocycles. The van der Waals surface area contributed by atoms with Gasteiger partial charge >= 0.3 is 6.01 Å². The largest absolute Gasteiger partial charge is 0.408 e. The van der Waals surface area contributed by atoms with E-state index in [2.05, 4.69) is 10.2 Å². The molecule has 0 atom stereocenters. The first kappa shape index (κ1) is 7.58. The van der Waals surface area contributed by atoms with Crippen LogP contribution in [0.5, 0.6) is 0 Å². The van der Waals surface area contributed by atoms with Gasteiger partial charge in [0.2, 0.25) is 5.89 Å². The Morgan fingerprint density at radius 2 is 1.92 bits per heavy atom. The van der Waals surface area contributed by atoms with Gasteiger partial charge in [-0.1, -0.05) is 24.4 Å². The van der Waals surface area contributed by atoms with Gasteiger partial charge in [0.1, 0.15) is 0 Å². The molecule has 1 fully saturated rings. The lowest BCUT2D eigenvalue weighted by atomic mass is 9.89. The molecule has 2 rings (SSSR count). The first-order chi connectivity index (χ1) is 5.86. The van der Waals surface area contributed by atoms with E-state index >= 15 is 0 Å². The third-order valence-corrected chi connectivity index (χ3v) is 2.41. The van der Waals surface area contributed by atoms with Gasteiger partial charge in [-0.2, -0.15) is 0 Å². The standard InChI is InChI=1S/C8H13N3O/c9-8-11-10-7(12-8)6-4-2-1-3-5-6/h6H,1-5H2,(H2,9,11). The molecule has 0 spiro atoms. The molecule has 0 aromatic carbocycles. The van der Waals surface area contributed by atoms with Gasteiger partial charge in [-0.25, -0.2) is 0 Å². The molecule has 4 nitrogen and oxygen atoms in total. The molecule has 66 valence electrons. The number of nitrogens with two attached hydrogens (primary N) is 1. The molecule has 4 heteroatoms. The highest BCUT2D eigenvalue weighted by molar-refractivity contribution is 5.07. The van der Waals surface area contributed by atoms with Crippen molar-refractivity contribution in [2.45, 2.75) is 38.0 Å². The summed E-state index contributed by atoms with van der Waals surface area (Å²) in [6, 6.07) is 0.190. The van der Waals surface area contributed by atoms with Crippen molar-refractivity contribution in [1.29, 1.82) is 0 Å². The Kier molecular flexibility index (Phi) is 1.98. The number of hydrogen-bond acceptors (Lipinski definition) is 4. The first-order valence-corrected chi connectivity index (χ1v) is 4.45. The lowest BCUT2D eigenvalue weighted by Gasteiger charge is -2.17. The summed E-state index contributed by atoms with van der Waals surface area (Å²) in [5, 5.41) is 7.55. The van der Waals surface area contributed by atoms with Crippen molar-refractivity contribution >= 4 is 6.01 Å². The minimum Gasteiger partial charge on any atom is -0.408 e. The molecule has 1 aliphatic carbocycles. The zero-order chi connectivity index (χ0) is 8.39. The molecule has 0 unspecified atom stereocenters. The van der Waals surface area contributed by atoms with E-state index in [4.69, 9.17) is 10.2 Å². The number of nitrogens with zero attached hydrogens (tertiary/aromatic N) is 2. The van der Waals surface area contributed by atoms with Crippen LogP contribution in [0, 0.1) is 0 Å². The fraction of sp³-hybridized carbons (Fsp3) is 0.750. The lowest BCUT2D eigenvalue weighted by molar-refractivity contribution is 0.368. The Labute approximate surface area is 71.2 Å². The summed E-state index contributed by atoms with van der Waals surface area (Å²) >= 11 is 0. The maximum Gasteiger partial charge on any atom is 0.312 e. The Bertz CT molecular complexity index is 253. The smallest absolute Gasteiger partial charge is 0.312 e. The number of anilines is 1. The molecule has 1 heterocycles. The minimum atomic E-state index is 0.190. The molecule has 2 N–H and O–H groups in total. The SMILES string of the molecule is Nc1nnc(C2CCCCC2)o1. The number of rotatable bonds is 1. The lowest BCUT2D eigenvalue weighted by Crippen LogP contribution is -2.04. The van der Waals surface area contributed by atoms with Gasteiger partial charge in [-0.3, -0.25) is 0 Å². The van der Waals surface area contributed by atoms with Crippen LogP contribution in [0.1, 0.15) is 43.9 Å². The second kappa shape index (κ2) is 3.13. The number of nitrogen functional groups attached to an aromatic ring is 1. The molecule has 0 radical (unpaired) electrons. The second-order valence-corrected chi connectivity index (χ2v) is 3.31. The van der Waals surface area contributed by atoms with Crippen LogP contribution < -0.4 is 5.73 Å². The number of aromatic nitrogens is 2. The summed E-state index contributed by atoms with van der Waals surface area (Å²) in [6.45, 7) is 0. The van der Waals surface area contributed by atoms with Crippen molar-refractivity contribution in [2.75, 3.05) is 5.73 Å². The molecular formula is C8H13N3O. The molecule has 12 heavy (non-hydrogen) atoms. The van der Waals surface area contributed by atoms with Crippen molar-refractivity contribution in [3.8, 4) is 0 Å². The highest BCUT2D eigenvalue weighted by atomic mass is 16.4. The van der Waals surface area contributed by atoms with Crippen LogP contribution in [-0.2, 0) is 0 Å². The predicted octanol–water partition coefficient (Wildman–Crippen LogP) is 1.70. The highest BCUT2D eigenvalue weighted by Gasteiger charge is 2.20. The summed E-state index contributed by atoms with van der Waals surface area (Å²) in [5.74, 6) is 1.19. The van der Waals surface area contributed by atoms with Crippen LogP contribution in [0.3, 0.4) is 0 Å². The van der Waals surface area contributed by atoms with Gasteiger partial charge in [-0.15, -0.1) is 5.10 Å². The molecule has 1 saturated carbocycles. The molecule has 1 aliphatic rings. The normalized spacial score (nSPS) is 19.7. The fourth-order valence-corrected chi connectivity index (χ4v) is 1.76. The average molecular weight is 167 g/mol. The van der Waals surface area contributed by atoms with E-state index in [0.717, 1.165) is 5.89 Å². The van der Waals surface area contributed by atoms with E-state index in [9.17, 15) is 0 Å². The fourth-order valence-electron chi connectivity index (χ4n) is 1.76. The molecule has 0 bridgehead atoms. The van der Waals surface area contributed by atoms with Crippen LogP contribution in [0.25, 0.3) is 0 Å². The summed E-state index contributed by atoms with van der Waals surface area (Å²) < 4.78 is 5.18. The average Bonchev–Trinajstić information content (AvgIpc) is 2.54. The van der Waals surface area contributed by atoms with Gasteiger partial charge in [0, 0.05) is 5.92 Å². The number of hydrogen-bond donors (Lipinski definition) is 1. The molecule has 0 saturated heterocycles. The van der Waals surface area contributed by atoms with Crippen LogP contribution in [-0.4, -0.2) is 10.2 Å². The zero-order valence-electron chi connectivity index (χ0n) is 6.99. The van der Waals surface area contributed by atoms with Gasteiger partial charge in [0.05, 0.1) is 0 Å². The first-order valence-electron chi connectivity index (χ1n) is 4.45.